The Morgan fingerprint density at radius 1 is 1.45 bits per heavy atom. The molecule has 0 saturated carbocycles. The molecule has 2 N–H and O–H groups in total. The van der Waals surface area contributed by atoms with Crippen LogP contribution in [-0.4, -0.2) is 43.7 Å². The molecule has 0 bridgehead atoms. The van der Waals surface area contributed by atoms with Gasteiger partial charge in [-0.05, 0) is 37.4 Å². The van der Waals surface area contributed by atoms with Crippen LogP contribution in [-0.2, 0) is 0 Å². The van der Waals surface area contributed by atoms with Crippen molar-refractivity contribution in [2.45, 2.75) is 25.4 Å². The first-order chi connectivity index (χ1) is 9.58. The van der Waals surface area contributed by atoms with Crippen LogP contribution >= 0.6 is 23.4 Å². The van der Waals surface area contributed by atoms with E-state index in [0.717, 1.165) is 17.7 Å². The van der Waals surface area contributed by atoms with E-state index in [-0.39, 0.29) is 6.04 Å². The Labute approximate surface area is 131 Å². The van der Waals surface area contributed by atoms with Crippen LogP contribution in [0.2, 0.25) is 5.02 Å². The van der Waals surface area contributed by atoms with Gasteiger partial charge in [-0.3, -0.25) is 4.90 Å². The monoisotopic (exact) mass is 316 g/mol. The number of rotatable bonds is 8. The van der Waals surface area contributed by atoms with Gasteiger partial charge in [-0.15, -0.1) is 0 Å². The zero-order chi connectivity index (χ0) is 15.1. The summed E-state index contributed by atoms with van der Waals surface area (Å²) in [6, 6.07) is 6.60. The fourth-order valence-electron chi connectivity index (χ4n) is 2.40. The number of hydrogen-bond acceptors (Lipinski definition) is 4. The summed E-state index contributed by atoms with van der Waals surface area (Å²) in [5.41, 5.74) is 7.13. The van der Waals surface area contributed by atoms with Crippen LogP contribution in [0.25, 0.3) is 0 Å². The maximum Gasteiger partial charge on any atom is 0.137 e. The summed E-state index contributed by atoms with van der Waals surface area (Å²) in [6.45, 7) is 2.79. The van der Waals surface area contributed by atoms with Crippen molar-refractivity contribution in [3.63, 3.8) is 0 Å². The van der Waals surface area contributed by atoms with Gasteiger partial charge in [0.1, 0.15) is 5.75 Å². The average Bonchev–Trinajstić information content (AvgIpc) is 2.45. The molecule has 5 heteroatoms. The first kappa shape index (κ1) is 17.6. The van der Waals surface area contributed by atoms with E-state index in [9.17, 15) is 0 Å². The number of hydrogen-bond donors (Lipinski definition) is 1. The smallest absolute Gasteiger partial charge is 0.137 e. The maximum absolute atomic E-state index is 6.22. The van der Waals surface area contributed by atoms with E-state index in [1.165, 1.54) is 0 Å². The first-order valence-electron chi connectivity index (χ1n) is 6.83. The molecule has 2 unspecified atom stereocenters. The Morgan fingerprint density at radius 2 is 2.15 bits per heavy atom. The zero-order valence-electron chi connectivity index (χ0n) is 12.7. The molecular weight excluding hydrogens is 292 g/mol. The second-order valence-corrected chi connectivity index (χ2v) is 6.15. The predicted octanol–water partition coefficient (Wildman–Crippen LogP) is 3.42. The summed E-state index contributed by atoms with van der Waals surface area (Å²) in [5, 5.41) is 0.634. The number of halogens is 1. The number of methoxy groups -OCH3 is 1. The molecule has 114 valence electrons. The Kier molecular flexibility index (Phi) is 7.74. The molecule has 0 aliphatic carbocycles. The van der Waals surface area contributed by atoms with Gasteiger partial charge in [0.25, 0.3) is 0 Å². The normalized spacial score (nSPS) is 14.3. The lowest BCUT2D eigenvalue weighted by atomic mass is 10.0. The van der Waals surface area contributed by atoms with E-state index in [1.807, 2.05) is 30.0 Å². The Hall–Kier alpha value is -0.420. The van der Waals surface area contributed by atoms with Gasteiger partial charge in [0.2, 0.25) is 0 Å². The van der Waals surface area contributed by atoms with Crippen LogP contribution in [0.5, 0.6) is 5.75 Å². The van der Waals surface area contributed by atoms with Crippen molar-refractivity contribution < 1.29 is 4.74 Å². The Balaban J connectivity index is 2.97. The minimum absolute atomic E-state index is 0.176. The fraction of sp³-hybridized carbons (Fsp3) is 0.600. The number of likely N-dealkylation sites (N-methyl/N-ethyl adjacent to an activating group) is 1. The van der Waals surface area contributed by atoms with Crippen molar-refractivity contribution in [2.75, 3.05) is 32.7 Å². The van der Waals surface area contributed by atoms with Gasteiger partial charge in [-0.25, -0.2) is 0 Å². The summed E-state index contributed by atoms with van der Waals surface area (Å²) in [6.07, 6.45) is 3.25. The van der Waals surface area contributed by atoms with Gasteiger partial charge in [0, 0.05) is 24.4 Å². The van der Waals surface area contributed by atoms with Crippen LogP contribution in [0.15, 0.2) is 18.2 Å². The van der Waals surface area contributed by atoms with Crippen molar-refractivity contribution in [1.82, 2.24) is 4.90 Å². The van der Waals surface area contributed by atoms with Crippen LogP contribution in [0.3, 0.4) is 0 Å². The molecular formula is C15H25ClN2OS. The zero-order valence-corrected chi connectivity index (χ0v) is 14.3. The minimum Gasteiger partial charge on any atom is -0.495 e. The van der Waals surface area contributed by atoms with Crippen molar-refractivity contribution >= 4 is 23.4 Å². The third-order valence-corrected chi connectivity index (χ3v) is 4.70. The predicted molar refractivity (Wildman–Crippen MR) is 90.0 cm³/mol. The summed E-state index contributed by atoms with van der Waals surface area (Å²) in [4.78, 5) is 2.36. The molecule has 0 saturated heterocycles. The molecule has 0 aromatic heterocycles. The molecule has 0 aliphatic heterocycles. The number of nitrogens with two attached hydrogens (primary N) is 1. The van der Waals surface area contributed by atoms with E-state index in [1.54, 1.807) is 7.11 Å². The Morgan fingerprint density at radius 3 is 2.60 bits per heavy atom. The van der Waals surface area contributed by atoms with Crippen molar-refractivity contribution in [3.8, 4) is 5.75 Å². The SMILES string of the molecule is CCC(CSC)N(C)C(CN)c1ccc(OC)c(Cl)c1. The molecule has 3 nitrogen and oxygen atoms in total. The van der Waals surface area contributed by atoms with Crippen molar-refractivity contribution in [2.24, 2.45) is 5.73 Å². The van der Waals surface area contributed by atoms with Crippen LogP contribution < -0.4 is 10.5 Å². The van der Waals surface area contributed by atoms with Gasteiger partial charge >= 0.3 is 0 Å². The highest BCUT2D eigenvalue weighted by Crippen LogP contribution is 2.30. The van der Waals surface area contributed by atoms with Gasteiger partial charge < -0.3 is 10.5 Å². The molecule has 2 atom stereocenters. The third-order valence-electron chi connectivity index (χ3n) is 3.68. The van der Waals surface area contributed by atoms with Crippen molar-refractivity contribution in [3.05, 3.63) is 28.8 Å². The lowest BCUT2D eigenvalue weighted by Crippen LogP contribution is -2.39. The largest absolute Gasteiger partial charge is 0.495 e. The highest BCUT2D eigenvalue weighted by atomic mass is 35.5. The standard InChI is InChI=1S/C15H25ClN2OS/c1-5-12(10-20-4)18(2)14(9-17)11-6-7-15(19-3)13(16)8-11/h6-8,12,14H,5,9-10,17H2,1-4H3. The molecule has 0 fully saturated rings. The second-order valence-electron chi connectivity index (χ2n) is 4.83. The minimum atomic E-state index is 0.176. The molecule has 1 aromatic carbocycles. The van der Waals surface area contributed by atoms with E-state index in [2.05, 4.69) is 25.1 Å². The average molecular weight is 317 g/mol. The summed E-state index contributed by atoms with van der Waals surface area (Å²) >= 11 is 8.09. The van der Waals surface area contributed by atoms with Crippen LogP contribution in [0, 0.1) is 0 Å². The van der Waals surface area contributed by atoms with Crippen LogP contribution in [0.4, 0.5) is 0 Å². The maximum atomic E-state index is 6.22. The third kappa shape index (κ3) is 4.29. The first-order valence-corrected chi connectivity index (χ1v) is 8.60. The molecule has 0 amide bonds. The molecule has 20 heavy (non-hydrogen) atoms. The van der Waals surface area contributed by atoms with Gasteiger partial charge in [0.05, 0.1) is 12.1 Å². The van der Waals surface area contributed by atoms with Gasteiger partial charge in [-0.1, -0.05) is 24.6 Å². The topological polar surface area (TPSA) is 38.5 Å². The molecule has 1 rings (SSSR count). The van der Waals surface area contributed by atoms with E-state index < -0.39 is 0 Å². The lowest BCUT2D eigenvalue weighted by molar-refractivity contribution is 0.188. The van der Waals surface area contributed by atoms with Crippen molar-refractivity contribution in [1.29, 1.82) is 0 Å². The quantitative estimate of drug-likeness (QED) is 0.797. The summed E-state index contributed by atoms with van der Waals surface area (Å²) < 4.78 is 5.20. The lowest BCUT2D eigenvalue weighted by Gasteiger charge is -2.34. The number of ether oxygens (including phenoxy) is 1. The highest BCUT2D eigenvalue weighted by molar-refractivity contribution is 7.98. The highest BCUT2D eigenvalue weighted by Gasteiger charge is 2.22. The molecule has 0 aliphatic rings. The number of thioether (sulfide) groups is 1. The number of nitrogens with zero attached hydrogens (tertiary/aromatic N) is 1. The number of benzene rings is 1. The van der Waals surface area contributed by atoms with Gasteiger partial charge in [-0.2, -0.15) is 11.8 Å². The summed E-state index contributed by atoms with van der Waals surface area (Å²) in [5.74, 6) is 1.80. The fourth-order valence-corrected chi connectivity index (χ4v) is 3.52. The molecule has 0 radical (unpaired) electrons. The van der Waals surface area contributed by atoms with E-state index in [0.29, 0.717) is 23.4 Å². The Bertz CT molecular complexity index is 417. The molecule has 1 aromatic rings. The second kappa shape index (κ2) is 8.78. The summed E-state index contributed by atoms with van der Waals surface area (Å²) in [7, 11) is 3.76. The van der Waals surface area contributed by atoms with Crippen LogP contribution in [0.1, 0.15) is 24.9 Å². The van der Waals surface area contributed by atoms with E-state index >= 15 is 0 Å². The van der Waals surface area contributed by atoms with E-state index in [4.69, 9.17) is 22.1 Å². The van der Waals surface area contributed by atoms with Gasteiger partial charge in [0.15, 0.2) is 0 Å². The molecule has 0 heterocycles. The molecule has 0 spiro atoms.